The summed E-state index contributed by atoms with van der Waals surface area (Å²) in [6, 6.07) is 6.46. The lowest BCUT2D eigenvalue weighted by Gasteiger charge is -2.37. The molecule has 1 aliphatic heterocycles. The summed E-state index contributed by atoms with van der Waals surface area (Å²) in [6.07, 6.45) is 7.98. The molecule has 36 heavy (non-hydrogen) atoms. The van der Waals surface area contributed by atoms with Crippen LogP contribution in [0.5, 0.6) is 5.75 Å². The smallest absolute Gasteiger partial charge is 0.308 e. The van der Waals surface area contributed by atoms with Crippen molar-refractivity contribution in [3.8, 4) is 16.9 Å². The Kier molecular flexibility index (Phi) is 7.05. The van der Waals surface area contributed by atoms with E-state index < -0.39 is 11.6 Å². The molecule has 1 saturated carbocycles. The highest BCUT2D eigenvalue weighted by atomic mass is 19.1. The van der Waals surface area contributed by atoms with Gasteiger partial charge in [-0.1, -0.05) is 6.08 Å². The molecule has 1 N–H and O–H groups in total. The molecule has 2 aromatic heterocycles. The van der Waals surface area contributed by atoms with Gasteiger partial charge in [-0.05, 0) is 68.9 Å². The first kappa shape index (κ1) is 24.4. The molecule has 1 aliphatic carbocycles. The van der Waals surface area contributed by atoms with Crippen molar-refractivity contribution in [2.24, 2.45) is 5.92 Å². The van der Waals surface area contributed by atoms with Gasteiger partial charge in [-0.25, -0.2) is 13.8 Å². The zero-order chi connectivity index (χ0) is 25.2. The molecule has 1 fully saturated rings. The van der Waals surface area contributed by atoms with Gasteiger partial charge < -0.3 is 14.5 Å². The van der Waals surface area contributed by atoms with Gasteiger partial charge in [0.2, 0.25) is 0 Å². The van der Waals surface area contributed by atoms with Gasteiger partial charge in [0.25, 0.3) is 0 Å². The van der Waals surface area contributed by atoms with Crippen molar-refractivity contribution in [3.63, 3.8) is 0 Å². The Morgan fingerprint density at radius 2 is 2.00 bits per heavy atom. The Morgan fingerprint density at radius 1 is 1.19 bits per heavy atom. The quantitative estimate of drug-likeness (QED) is 0.443. The van der Waals surface area contributed by atoms with Crippen LogP contribution in [-0.2, 0) is 9.53 Å². The number of benzene rings is 1. The fourth-order valence-electron chi connectivity index (χ4n) is 5.57. The van der Waals surface area contributed by atoms with Crippen LogP contribution in [0.3, 0.4) is 0 Å². The summed E-state index contributed by atoms with van der Waals surface area (Å²) in [6.45, 7) is 4.03. The Bertz CT molecular complexity index is 1290. The Hall–Kier alpha value is -3.26. The second-order valence-corrected chi connectivity index (χ2v) is 9.50. The molecule has 6 nitrogen and oxygen atoms in total. The molecular formula is C28H31F2N3O3. The third kappa shape index (κ3) is 4.74. The van der Waals surface area contributed by atoms with E-state index in [4.69, 9.17) is 9.47 Å². The summed E-state index contributed by atoms with van der Waals surface area (Å²) in [5.74, 6) is -0.620. The molecule has 1 aromatic carbocycles. The monoisotopic (exact) mass is 495 g/mol. The van der Waals surface area contributed by atoms with E-state index in [9.17, 15) is 13.6 Å². The third-order valence-corrected chi connectivity index (χ3v) is 7.46. The van der Waals surface area contributed by atoms with Crippen molar-refractivity contribution in [3.05, 3.63) is 53.9 Å². The maximum absolute atomic E-state index is 15.0. The minimum absolute atomic E-state index is 0.0299. The number of aromatic nitrogens is 2. The lowest BCUT2D eigenvalue weighted by Crippen LogP contribution is -2.41. The molecule has 3 aromatic rings. The first-order valence-electron chi connectivity index (χ1n) is 12.6. The number of esters is 1. The predicted molar refractivity (Wildman–Crippen MR) is 135 cm³/mol. The van der Waals surface area contributed by atoms with E-state index >= 15 is 0 Å². The maximum Gasteiger partial charge on any atom is 0.308 e. The van der Waals surface area contributed by atoms with Crippen molar-refractivity contribution in [2.45, 2.75) is 45.1 Å². The van der Waals surface area contributed by atoms with Crippen LogP contribution < -0.4 is 4.74 Å². The number of carbonyl (C=O) groups is 1. The number of H-pyrrole nitrogens is 1. The summed E-state index contributed by atoms with van der Waals surface area (Å²) < 4.78 is 39.6. The number of rotatable bonds is 6. The van der Waals surface area contributed by atoms with Gasteiger partial charge >= 0.3 is 5.97 Å². The van der Waals surface area contributed by atoms with Gasteiger partial charge in [-0.3, -0.25) is 9.69 Å². The van der Waals surface area contributed by atoms with Gasteiger partial charge in [-0.15, -0.1) is 0 Å². The van der Waals surface area contributed by atoms with Crippen LogP contribution in [0.25, 0.3) is 27.7 Å². The number of methoxy groups -OCH3 is 1. The topological polar surface area (TPSA) is 67.4 Å². The largest absolute Gasteiger partial charge is 0.496 e. The number of ether oxygens (including phenoxy) is 2. The zero-order valence-corrected chi connectivity index (χ0v) is 20.7. The number of hydrogen-bond donors (Lipinski definition) is 1. The highest BCUT2D eigenvalue weighted by Gasteiger charge is 2.31. The van der Waals surface area contributed by atoms with E-state index in [1.54, 1.807) is 0 Å². The normalized spacial score (nSPS) is 20.8. The van der Waals surface area contributed by atoms with Crippen molar-refractivity contribution in [1.29, 1.82) is 0 Å². The number of carbonyl (C=O) groups excluding carboxylic acids is 1. The minimum Gasteiger partial charge on any atom is -0.496 e. The van der Waals surface area contributed by atoms with Crippen LogP contribution >= 0.6 is 0 Å². The average Bonchev–Trinajstić information content (AvgIpc) is 3.33. The first-order chi connectivity index (χ1) is 17.5. The first-order valence-corrected chi connectivity index (χ1v) is 12.6. The molecule has 3 heterocycles. The number of hydrogen-bond acceptors (Lipinski definition) is 5. The fourth-order valence-corrected chi connectivity index (χ4v) is 5.57. The van der Waals surface area contributed by atoms with E-state index in [0.717, 1.165) is 62.7 Å². The van der Waals surface area contributed by atoms with Crippen LogP contribution in [-0.4, -0.2) is 53.7 Å². The molecule has 0 saturated heterocycles. The lowest BCUT2D eigenvalue weighted by atomic mass is 9.84. The summed E-state index contributed by atoms with van der Waals surface area (Å²) in [5, 5.41) is 0.592. The van der Waals surface area contributed by atoms with E-state index in [1.165, 1.54) is 25.3 Å². The zero-order valence-electron chi connectivity index (χ0n) is 20.7. The van der Waals surface area contributed by atoms with E-state index in [-0.39, 0.29) is 17.5 Å². The molecule has 8 heteroatoms. The number of fused-ring (bicyclic) bond motifs is 1. The molecular weight excluding hydrogens is 464 g/mol. The minimum atomic E-state index is -0.529. The number of pyridine rings is 1. The number of nitrogens with one attached hydrogen (secondary N) is 1. The highest BCUT2D eigenvalue weighted by molar-refractivity contribution is 5.97. The lowest BCUT2D eigenvalue weighted by molar-refractivity contribution is -0.149. The molecule has 0 amide bonds. The maximum atomic E-state index is 15.0. The third-order valence-electron chi connectivity index (χ3n) is 7.46. The molecule has 0 unspecified atom stereocenters. The van der Waals surface area contributed by atoms with Crippen molar-refractivity contribution in [2.75, 3.05) is 26.8 Å². The van der Waals surface area contributed by atoms with Gasteiger partial charge in [0.1, 0.15) is 23.0 Å². The number of halogens is 2. The van der Waals surface area contributed by atoms with Crippen molar-refractivity contribution < 1.29 is 23.0 Å². The summed E-state index contributed by atoms with van der Waals surface area (Å²) in [4.78, 5) is 22.1. The van der Waals surface area contributed by atoms with Gasteiger partial charge in [0.15, 0.2) is 0 Å². The average molecular weight is 496 g/mol. The van der Waals surface area contributed by atoms with E-state index in [2.05, 4.69) is 20.9 Å². The van der Waals surface area contributed by atoms with Crippen LogP contribution in [0.2, 0.25) is 0 Å². The SMILES string of the molecule is CCOC(=O)[C@H]1CC[C@H](N2CC=C(c3cc4c(-c5cc(F)ccc5OC)c(F)cnc4[nH]3)CC2)CC1. The number of aromatic amines is 1. The summed E-state index contributed by atoms with van der Waals surface area (Å²) >= 11 is 0. The molecule has 190 valence electrons. The van der Waals surface area contributed by atoms with Crippen molar-refractivity contribution >= 4 is 22.6 Å². The van der Waals surface area contributed by atoms with Crippen LogP contribution in [0.1, 0.15) is 44.7 Å². The summed E-state index contributed by atoms with van der Waals surface area (Å²) in [5.41, 5.74) is 3.23. The second-order valence-electron chi connectivity index (χ2n) is 9.50. The van der Waals surface area contributed by atoms with Gasteiger partial charge in [0, 0.05) is 41.3 Å². The van der Waals surface area contributed by atoms with Crippen LogP contribution in [0.15, 0.2) is 36.5 Å². The Balaban J connectivity index is 1.35. The Labute approximate surface area is 209 Å². The van der Waals surface area contributed by atoms with E-state index in [1.807, 2.05) is 13.0 Å². The molecule has 0 radical (unpaired) electrons. The number of nitrogens with zero attached hydrogens (tertiary/aromatic N) is 2. The molecule has 2 aliphatic rings. The molecule has 0 spiro atoms. The molecule has 0 atom stereocenters. The van der Waals surface area contributed by atoms with Crippen molar-refractivity contribution in [1.82, 2.24) is 14.9 Å². The standard InChI is InChI=1S/C28H31F2N3O3/c1-3-36-28(34)18-4-7-20(8-5-18)33-12-10-17(11-13-33)24-15-22-26(23(30)16-31-27(22)32-24)21-14-19(29)6-9-25(21)35-2/h6,9-10,14-16,18,20H,3-5,7-8,11-13H2,1-2H3,(H,31,32)/t18-,20-. The molecule has 5 rings (SSSR count). The molecule has 0 bridgehead atoms. The van der Waals surface area contributed by atoms with Crippen LogP contribution in [0.4, 0.5) is 8.78 Å². The fraction of sp³-hybridized carbons (Fsp3) is 0.429. The van der Waals surface area contributed by atoms with E-state index in [0.29, 0.717) is 35.0 Å². The second kappa shape index (κ2) is 10.4. The predicted octanol–water partition coefficient (Wildman–Crippen LogP) is 5.73. The summed E-state index contributed by atoms with van der Waals surface area (Å²) in [7, 11) is 1.48. The highest BCUT2D eigenvalue weighted by Crippen LogP contribution is 2.38. The Morgan fingerprint density at radius 3 is 2.69 bits per heavy atom. The van der Waals surface area contributed by atoms with Gasteiger partial charge in [-0.2, -0.15) is 0 Å². The van der Waals surface area contributed by atoms with Gasteiger partial charge in [0.05, 0.1) is 25.8 Å². The van der Waals surface area contributed by atoms with Crippen LogP contribution in [0, 0.1) is 17.6 Å².